The van der Waals surface area contributed by atoms with E-state index in [1.807, 2.05) is 0 Å². The van der Waals surface area contributed by atoms with Crippen molar-refractivity contribution in [3.05, 3.63) is 47.0 Å². The minimum atomic E-state index is -0.419. The molecule has 2 aromatic rings. The molecule has 1 heterocycles. The predicted molar refractivity (Wildman–Crippen MR) is 66.1 cm³/mol. The summed E-state index contributed by atoms with van der Waals surface area (Å²) in [6.07, 6.45) is 3.27. The Kier molecular flexibility index (Phi) is 3.91. The second-order valence-electron chi connectivity index (χ2n) is 3.18. The smallest absolute Gasteiger partial charge is 0.321 e. The molecule has 0 amide bonds. The Labute approximate surface area is 111 Å². The van der Waals surface area contributed by atoms with Crippen molar-refractivity contribution >= 4 is 27.5 Å². The predicted octanol–water partition coefficient (Wildman–Crippen LogP) is 3.96. The summed E-state index contributed by atoms with van der Waals surface area (Å²) in [4.78, 5) is 7.99. The van der Waals surface area contributed by atoms with Gasteiger partial charge in [0.1, 0.15) is 11.6 Å². The minimum Gasteiger partial charge on any atom is -0.423 e. The molecule has 1 aromatic heterocycles. The lowest BCUT2D eigenvalue weighted by molar-refractivity contribution is 0.440. The van der Waals surface area contributed by atoms with Gasteiger partial charge in [-0.15, -0.1) is 0 Å². The second kappa shape index (κ2) is 5.42. The second-order valence-corrected chi connectivity index (χ2v) is 4.15. The van der Waals surface area contributed by atoms with E-state index >= 15 is 0 Å². The molecular weight excluding hydrogens is 310 g/mol. The van der Waals surface area contributed by atoms with Crippen molar-refractivity contribution in [2.45, 2.75) is 5.33 Å². The lowest BCUT2D eigenvalue weighted by atomic mass is 10.3. The van der Waals surface area contributed by atoms with Crippen LogP contribution in [0.2, 0.25) is 5.02 Å². The van der Waals surface area contributed by atoms with E-state index in [9.17, 15) is 4.39 Å². The zero-order chi connectivity index (χ0) is 12.3. The van der Waals surface area contributed by atoms with Gasteiger partial charge in [-0.2, -0.15) is 0 Å². The first-order chi connectivity index (χ1) is 8.19. The molecule has 0 aliphatic heterocycles. The van der Waals surface area contributed by atoms with Gasteiger partial charge in [0.15, 0.2) is 0 Å². The van der Waals surface area contributed by atoms with Gasteiger partial charge in [-0.1, -0.05) is 27.5 Å². The van der Waals surface area contributed by atoms with Crippen LogP contribution in [0.5, 0.6) is 11.8 Å². The average molecular weight is 318 g/mol. The molecule has 3 nitrogen and oxygen atoms in total. The average Bonchev–Trinajstić information content (AvgIpc) is 2.34. The van der Waals surface area contributed by atoms with Crippen molar-refractivity contribution in [3.63, 3.8) is 0 Å². The molecule has 2 rings (SSSR count). The van der Waals surface area contributed by atoms with Gasteiger partial charge >= 0.3 is 6.01 Å². The van der Waals surface area contributed by atoms with Crippen molar-refractivity contribution in [2.75, 3.05) is 0 Å². The maximum atomic E-state index is 12.8. The van der Waals surface area contributed by atoms with Crippen molar-refractivity contribution in [1.82, 2.24) is 9.97 Å². The van der Waals surface area contributed by atoms with Gasteiger partial charge in [-0.05, 0) is 23.8 Å². The maximum absolute atomic E-state index is 12.8. The third-order valence-corrected chi connectivity index (χ3v) is 2.87. The normalized spacial score (nSPS) is 10.3. The van der Waals surface area contributed by atoms with Crippen LogP contribution < -0.4 is 4.74 Å². The van der Waals surface area contributed by atoms with Crippen LogP contribution in [0.4, 0.5) is 4.39 Å². The molecule has 6 heteroatoms. The number of rotatable bonds is 3. The molecule has 0 fully saturated rings. The Bertz CT molecular complexity index is 521. The Balaban J connectivity index is 2.19. The van der Waals surface area contributed by atoms with Crippen molar-refractivity contribution in [1.29, 1.82) is 0 Å². The van der Waals surface area contributed by atoms with Gasteiger partial charge in [-0.3, -0.25) is 0 Å². The fourth-order valence-corrected chi connectivity index (χ4v) is 1.62. The van der Waals surface area contributed by atoms with E-state index < -0.39 is 5.82 Å². The molecule has 0 saturated heterocycles. The zero-order valence-corrected chi connectivity index (χ0v) is 10.9. The minimum absolute atomic E-state index is 0.170. The zero-order valence-electron chi connectivity index (χ0n) is 8.53. The highest BCUT2D eigenvalue weighted by molar-refractivity contribution is 9.08. The molecule has 0 atom stereocenters. The van der Waals surface area contributed by atoms with Crippen LogP contribution in [0.1, 0.15) is 5.56 Å². The van der Waals surface area contributed by atoms with E-state index in [-0.39, 0.29) is 11.0 Å². The molecule has 0 aliphatic rings. The Morgan fingerprint density at radius 1 is 1.29 bits per heavy atom. The summed E-state index contributed by atoms with van der Waals surface area (Å²) in [7, 11) is 0. The lowest BCUT2D eigenvalue weighted by Gasteiger charge is -2.05. The summed E-state index contributed by atoms with van der Waals surface area (Å²) in [6.45, 7) is 0. The standard InChI is InChI=1S/C11H7BrClFN2O/c12-4-7-5-15-11(16-6-7)17-10-2-1-8(14)3-9(10)13/h1-3,5-6H,4H2. The summed E-state index contributed by atoms with van der Waals surface area (Å²) in [5, 5.41) is 0.850. The summed E-state index contributed by atoms with van der Waals surface area (Å²) in [5.41, 5.74) is 0.933. The number of aromatic nitrogens is 2. The molecule has 88 valence electrons. The SMILES string of the molecule is Fc1ccc(Oc2ncc(CBr)cn2)c(Cl)c1. The summed E-state index contributed by atoms with van der Waals surface area (Å²) in [5.74, 6) is -0.0995. The third kappa shape index (κ3) is 3.14. The highest BCUT2D eigenvalue weighted by atomic mass is 79.9. The number of ether oxygens (including phenoxy) is 1. The lowest BCUT2D eigenvalue weighted by Crippen LogP contribution is -1.93. The van der Waals surface area contributed by atoms with Crippen LogP contribution in [-0.2, 0) is 5.33 Å². The van der Waals surface area contributed by atoms with Crippen molar-refractivity contribution in [3.8, 4) is 11.8 Å². The number of benzene rings is 1. The van der Waals surface area contributed by atoms with E-state index in [0.717, 1.165) is 5.56 Å². The number of halogens is 3. The molecule has 0 unspecified atom stereocenters. The Hall–Kier alpha value is -1.20. The first kappa shape index (κ1) is 12.3. The van der Waals surface area contributed by atoms with Gasteiger partial charge in [-0.25, -0.2) is 14.4 Å². The number of nitrogens with zero attached hydrogens (tertiary/aromatic N) is 2. The van der Waals surface area contributed by atoms with E-state index in [4.69, 9.17) is 16.3 Å². The molecule has 1 aromatic carbocycles. The molecule has 17 heavy (non-hydrogen) atoms. The summed E-state index contributed by atoms with van der Waals surface area (Å²) in [6, 6.07) is 4.03. The molecule has 0 N–H and O–H groups in total. The van der Waals surface area contributed by atoms with Crippen LogP contribution in [-0.4, -0.2) is 9.97 Å². The summed E-state index contributed by atoms with van der Waals surface area (Å²) >= 11 is 9.09. The van der Waals surface area contributed by atoms with Crippen molar-refractivity contribution < 1.29 is 9.13 Å². The first-order valence-corrected chi connectivity index (χ1v) is 6.19. The van der Waals surface area contributed by atoms with Gasteiger partial charge in [0.2, 0.25) is 0 Å². The van der Waals surface area contributed by atoms with Crippen LogP contribution >= 0.6 is 27.5 Å². The van der Waals surface area contributed by atoms with Gasteiger partial charge in [0.25, 0.3) is 0 Å². The largest absolute Gasteiger partial charge is 0.423 e. The molecule has 0 aliphatic carbocycles. The first-order valence-electron chi connectivity index (χ1n) is 4.69. The van der Waals surface area contributed by atoms with Gasteiger partial charge in [0.05, 0.1) is 5.02 Å². The van der Waals surface area contributed by atoms with Crippen LogP contribution in [0.3, 0.4) is 0 Å². The van der Waals surface area contributed by atoms with E-state index in [0.29, 0.717) is 11.1 Å². The quantitative estimate of drug-likeness (QED) is 0.804. The topological polar surface area (TPSA) is 35.0 Å². The fraction of sp³-hybridized carbons (Fsp3) is 0.0909. The number of hydrogen-bond donors (Lipinski definition) is 0. The van der Waals surface area contributed by atoms with Gasteiger partial charge in [0, 0.05) is 17.7 Å². The fourth-order valence-electron chi connectivity index (χ4n) is 1.12. The Morgan fingerprint density at radius 2 is 2.00 bits per heavy atom. The van der Waals surface area contributed by atoms with Crippen LogP contribution in [0.25, 0.3) is 0 Å². The highest BCUT2D eigenvalue weighted by Crippen LogP contribution is 2.27. The molecule has 0 bridgehead atoms. The molecule has 0 radical (unpaired) electrons. The summed E-state index contributed by atoms with van der Waals surface area (Å²) < 4.78 is 18.1. The van der Waals surface area contributed by atoms with Crippen LogP contribution in [0.15, 0.2) is 30.6 Å². The maximum Gasteiger partial charge on any atom is 0.321 e. The molecular formula is C11H7BrClFN2O. The van der Waals surface area contributed by atoms with Crippen LogP contribution in [0, 0.1) is 5.82 Å². The van der Waals surface area contributed by atoms with E-state index in [1.54, 1.807) is 12.4 Å². The van der Waals surface area contributed by atoms with E-state index in [1.165, 1.54) is 18.2 Å². The van der Waals surface area contributed by atoms with Gasteiger partial charge < -0.3 is 4.74 Å². The molecule has 0 spiro atoms. The van der Waals surface area contributed by atoms with E-state index in [2.05, 4.69) is 25.9 Å². The molecule has 0 saturated carbocycles. The number of alkyl halides is 1. The third-order valence-electron chi connectivity index (χ3n) is 1.93. The van der Waals surface area contributed by atoms with Crippen molar-refractivity contribution in [2.24, 2.45) is 0 Å². The highest BCUT2D eigenvalue weighted by Gasteiger charge is 2.06. The number of hydrogen-bond acceptors (Lipinski definition) is 3. The Morgan fingerprint density at radius 3 is 2.59 bits per heavy atom. The monoisotopic (exact) mass is 316 g/mol.